The Morgan fingerprint density at radius 2 is 2.18 bits per heavy atom. The van der Waals surface area contributed by atoms with E-state index in [1.54, 1.807) is 0 Å². The number of aromatic nitrogens is 2. The molecule has 0 aliphatic heterocycles. The summed E-state index contributed by atoms with van der Waals surface area (Å²) in [6, 6.07) is 0. The molecule has 1 rings (SSSR count). The van der Waals surface area contributed by atoms with Gasteiger partial charge in [-0.1, -0.05) is 6.92 Å². The second-order valence-corrected chi connectivity index (χ2v) is 3.32. The highest BCUT2D eigenvalue weighted by molar-refractivity contribution is 5.28. The van der Waals surface area contributed by atoms with Gasteiger partial charge in [0, 0.05) is 13.2 Å². The second kappa shape index (κ2) is 7.78. The topological polar surface area (TPSA) is 56.3 Å². The van der Waals surface area contributed by atoms with Gasteiger partial charge in [-0.3, -0.25) is 0 Å². The predicted octanol–water partition coefficient (Wildman–Crippen LogP) is 1.85. The number of nitrogens with one attached hydrogen (secondary N) is 1. The van der Waals surface area contributed by atoms with Gasteiger partial charge in [-0.15, -0.1) is 0 Å². The quantitative estimate of drug-likeness (QED) is 0.706. The number of rotatable bonds is 8. The number of nitrogens with zero attached hydrogens (tertiary/aromatic N) is 2. The Kier molecular flexibility index (Phi) is 6.24. The molecule has 0 unspecified atom stereocenters. The van der Waals surface area contributed by atoms with E-state index in [1.807, 2.05) is 13.8 Å². The van der Waals surface area contributed by atoms with Crippen molar-refractivity contribution in [3.8, 4) is 5.88 Å². The first-order valence-electron chi connectivity index (χ1n) is 5.74. The van der Waals surface area contributed by atoms with Crippen molar-refractivity contribution in [1.82, 2.24) is 9.97 Å². The minimum absolute atomic E-state index is 0.0432. The Hall–Kier alpha value is -1.43. The molecule has 1 heterocycles. The summed E-state index contributed by atoms with van der Waals surface area (Å²) in [5.41, 5.74) is 0. The van der Waals surface area contributed by atoms with E-state index >= 15 is 0 Å². The van der Waals surface area contributed by atoms with E-state index in [4.69, 9.17) is 9.47 Å². The summed E-state index contributed by atoms with van der Waals surface area (Å²) >= 11 is 0. The number of hydrogen-bond donors (Lipinski definition) is 1. The van der Waals surface area contributed by atoms with Crippen molar-refractivity contribution in [2.75, 3.05) is 31.7 Å². The lowest BCUT2D eigenvalue weighted by Crippen LogP contribution is -2.10. The van der Waals surface area contributed by atoms with Crippen LogP contribution in [0.3, 0.4) is 0 Å². The van der Waals surface area contributed by atoms with E-state index in [1.165, 1.54) is 0 Å². The molecular formula is C11H18FN3O2. The van der Waals surface area contributed by atoms with Crippen LogP contribution in [-0.4, -0.2) is 36.3 Å². The van der Waals surface area contributed by atoms with Crippen molar-refractivity contribution in [3.63, 3.8) is 0 Å². The fourth-order valence-corrected chi connectivity index (χ4v) is 1.12. The Morgan fingerprint density at radius 3 is 2.88 bits per heavy atom. The molecule has 17 heavy (non-hydrogen) atoms. The first-order valence-corrected chi connectivity index (χ1v) is 5.74. The van der Waals surface area contributed by atoms with Crippen LogP contribution in [0.5, 0.6) is 5.88 Å². The molecule has 0 spiro atoms. The van der Waals surface area contributed by atoms with Gasteiger partial charge < -0.3 is 14.8 Å². The van der Waals surface area contributed by atoms with Crippen molar-refractivity contribution < 1.29 is 13.9 Å². The van der Waals surface area contributed by atoms with Crippen molar-refractivity contribution in [3.05, 3.63) is 12.0 Å². The molecule has 1 aromatic heterocycles. The first kappa shape index (κ1) is 13.6. The predicted molar refractivity (Wildman–Crippen MR) is 62.8 cm³/mol. The number of hydrogen-bond acceptors (Lipinski definition) is 5. The van der Waals surface area contributed by atoms with Crippen LogP contribution in [0.4, 0.5) is 10.3 Å². The zero-order valence-electron chi connectivity index (χ0n) is 10.2. The van der Waals surface area contributed by atoms with Crippen molar-refractivity contribution >= 4 is 5.95 Å². The van der Waals surface area contributed by atoms with Gasteiger partial charge in [-0.05, 0) is 13.3 Å². The molecule has 0 fully saturated rings. The van der Waals surface area contributed by atoms with Crippen LogP contribution in [0, 0.1) is 5.82 Å². The lowest BCUT2D eigenvalue weighted by Gasteiger charge is -2.08. The minimum Gasteiger partial charge on any atom is -0.473 e. The molecule has 0 radical (unpaired) electrons. The van der Waals surface area contributed by atoms with Gasteiger partial charge in [-0.25, -0.2) is 4.98 Å². The summed E-state index contributed by atoms with van der Waals surface area (Å²) in [6.45, 7) is 5.95. The molecule has 5 nitrogen and oxygen atoms in total. The van der Waals surface area contributed by atoms with Crippen LogP contribution in [0.2, 0.25) is 0 Å². The summed E-state index contributed by atoms with van der Waals surface area (Å²) in [6.07, 6.45) is 2.04. The normalized spacial score (nSPS) is 10.3. The summed E-state index contributed by atoms with van der Waals surface area (Å²) < 4.78 is 23.5. The molecule has 1 aromatic rings. The lowest BCUT2D eigenvalue weighted by molar-refractivity contribution is 0.106. The summed E-state index contributed by atoms with van der Waals surface area (Å²) in [5, 5.41) is 2.96. The molecular weight excluding hydrogens is 225 g/mol. The number of anilines is 1. The maximum absolute atomic E-state index is 13.3. The molecule has 0 amide bonds. The molecule has 0 saturated heterocycles. The van der Waals surface area contributed by atoms with Gasteiger partial charge in [0.2, 0.25) is 11.8 Å². The molecule has 0 aliphatic rings. The number of ether oxygens (including phenoxy) is 2. The summed E-state index contributed by atoms with van der Waals surface area (Å²) in [4.78, 5) is 7.74. The molecule has 6 heteroatoms. The maximum Gasteiger partial charge on any atom is 0.255 e. The average Bonchev–Trinajstić information content (AvgIpc) is 2.35. The van der Waals surface area contributed by atoms with Crippen LogP contribution in [0.15, 0.2) is 6.20 Å². The highest BCUT2D eigenvalue weighted by Crippen LogP contribution is 2.14. The standard InChI is InChI=1S/C11H18FN3O2/c1-3-5-13-11-14-8-9(12)10(15-11)17-7-6-16-4-2/h8H,3-7H2,1-2H3,(H,13,14,15). The molecule has 0 bridgehead atoms. The minimum atomic E-state index is -0.566. The van der Waals surface area contributed by atoms with Crippen LogP contribution in [0.25, 0.3) is 0 Å². The Balaban J connectivity index is 2.50. The molecule has 1 N–H and O–H groups in total. The third-order valence-corrected chi connectivity index (χ3v) is 1.92. The van der Waals surface area contributed by atoms with Gasteiger partial charge in [0.25, 0.3) is 5.88 Å². The molecule has 0 atom stereocenters. The van der Waals surface area contributed by atoms with Crippen LogP contribution in [-0.2, 0) is 4.74 Å². The third kappa shape index (κ3) is 4.95. The van der Waals surface area contributed by atoms with Gasteiger partial charge >= 0.3 is 0 Å². The van der Waals surface area contributed by atoms with E-state index in [0.29, 0.717) is 19.2 Å². The smallest absolute Gasteiger partial charge is 0.255 e. The van der Waals surface area contributed by atoms with E-state index in [9.17, 15) is 4.39 Å². The largest absolute Gasteiger partial charge is 0.473 e. The van der Waals surface area contributed by atoms with E-state index in [0.717, 1.165) is 19.2 Å². The highest BCUT2D eigenvalue weighted by atomic mass is 19.1. The van der Waals surface area contributed by atoms with Crippen molar-refractivity contribution in [1.29, 1.82) is 0 Å². The lowest BCUT2D eigenvalue weighted by atomic mass is 10.5. The Bertz CT molecular complexity index is 336. The third-order valence-electron chi connectivity index (χ3n) is 1.92. The second-order valence-electron chi connectivity index (χ2n) is 3.32. The molecule has 96 valence electrons. The van der Waals surface area contributed by atoms with Crippen LogP contribution >= 0.6 is 0 Å². The average molecular weight is 243 g/mol. The SMILES string of the molecule is CCCNc1ncc(F)c(OCCOCC)n1. The van der Waals surface area contributed by atoms with E-state index in [-0.39, 0.29) is 12.5 Å². The van der Waals surface area contributed by atoms with Gasteiger partial charge in [0.05, 0.1) is 12.8 Å². The van der Waals surface area contributed by atoms with E-state index < -0.39 is 5.82 Å². The van der Waals surface area contributed by atoms with Crippen LogP contribution in [0.1, 0.15) is 20.3 Å². The summed E-state index contributed by atoms with van der Waals surface area (Å²) in [5.74, 6) is -0.235. The maximum atomic E-state index is 13.3. The molecule has 0 saturated carbocycles. The molecule has 0 aromatic carbocycles. The Morgan fingerprint density at radius 1 is 1.35 bits per heavy atom. The zero-order valence-corrected chi connectivity index (χ0v) is 10.2. The van der Waals surface area contributed by atoms with Crippen molar-refractivity contribution in [2.45, 2.75) is 20.3 Å². The fourth-order valence-electron chi connectivity index (χ4n) is 1.12. The Labute approximate surface area is 100 Å². The first-order chi connectivity index (χ1) is 8.27. The number of halogens is 1. The van der Waals surface area contributed by atoms with E-state index in [2.05, 4.69) is 15.3 Å². The van der Waals surface area contributed by atoms with Crippen molar-refractivity contribution in [2.24, 2.45) is 0 Å². The van der Waals surface area contributed by atoms with Gasteiger partial charge in [-0.2, -0.15) is 9.37 Å². The van der Waals surface area contributed by atoms with Crippen LogP contribution < -0.4 is 10.1 Å². The van der Waals surface area contributed by atoms with Gasteiger partial charge in [0.15, 0.2) is 0 Å². The highest BCUT2D eigenvalue weighted by Gasteiger charge is 2.07. The zero-order chi connectivity index (χ0) is 12.5. The fraction of sp³-hybridized carbons (Fsp3) is 0.636. The summed E-state index contributed by atoms with van der Waals surface area (Å²) in [7, 11) is 0. The monoisotopic (exact) mass is 243 g/mol. The molecule has 0 aliphatic carbocycles. The van der Waals surface area contributed by atoms with Gasteiger partial charge in [0.1, 0.15) is 6.61 Å².